The summed E-state index contributed by atoms with van der Waals surface area (Å²) in [7, 11) is 0. The normalized spacial score (nSPS) is 18.1. The number of imidazole rings is 1. The molecule has 1 aliphatic heterocycles. The standard InChI is InChI=1S/C17H25N5O/c1-5-22-13(4)14(11-19-22)17(23)21-9-6-8-20-10-7-18-16(20)15(21)12(2)3/h7,10-12,15H,5-6,8-9H2,1-4H3. The van der Waals surface area contributed by atoms with Gasteiger partial charge in [0.25, 0.3) is 5.91 Å². The number of rotatable bonds is 3. The first-order chi connectivity index (χ1) is 11.0. The smallest absolute Gasteiger partial charge is 0.257 e. The fourth-order valence-electron chi connectivity index (χ4n) is 3.48. The van der Waals surface area contributed by atoms with Gasteiger partial charge in [-0.1, -0.05) is 13.8 Å². The third-order valence-corrected chi connectivity index (χ3v) is 4.67. The van der Waals surface area contributed by atoms with Crippen molar-refractivity contribution in [2.75, 3.05) is 6.54 Å². The van der Waals surface area contributed by atoms with Gasteiger partial charge in [0.05, 0.1) is 17.8 Å². The molecule has 0 bridgehead atoms. The Morgan fingerprint density at radius 2 is 2.17 bits per heavy atom. The van der Waals surface area contributed by atoms with Gasteiger partial charge in [0.2, 0.25) is 0 Å². The summed E-state index contributed by atoms with van der Waals surface area (Å²) < 4.78 is 4.05. The molecule has 2 aromatic rings. The number of carbonyl (C=O) groups excluding carboxylic acids is 1. The third-order valence-electron chi connectivity index (χ3n) is 4.67. The van der Waals surface area contributed by atoms with Gasteiger partial charge in [-0.2, -0.15) is 5.10 Å². The van der Waals surface area contributed by atoms with Crippen molar-refractivity contribution in [1.82, 2.24) is 24.2 Å². The monoisotopic (exact) mass is 315 g/mol. The lowest BCUT2D eigenvalue weighted by Crippen LogP contribution is -2.38. The minimum Gasteiger partial charge on any atom is -0.333 e. The highest BCUT2D eigenvalue weighted by Crippen LogP contribution is 2.31. The Labute approximate surface area is 137 Å². The SMILES string of the molecule is CCn1ncc(C(=O)N2CCCn3ccnc3C2C(C)C)c1C. The summed E-state index contributed by atoms with van der Waals surface area (Å²) in [5.41, 5.74) is 1.64. The number of hydrogen-bond donors (Lipinski definition) is 0. The largest absolute Gasteiger partial charge is 0.333 e. The van der Waals surface area contributed by atoms with Crippen LogP contribution in [0.15, 0.2) is 18.6 Å². The van der Waals surface area contributed by atoms with Gasteiger partial charge in [-0.05, 0) is 26.2 Å². The van der Waals surface area contributed by atoms with Crippen LogP contribution in [0, 0.1) is 12.8 Å². The maximum atomic E-state index is 13.2. The van der Waals surface area contributed by atoms with Crippen molar-refractivity contribution in [3.8, 4) is 0 Å². The van der Waals surface area contributed by atoms with Crippen molar-refractivity contribution in [2.45, 2.75) is 53.2 Å². The summed E-state index contributed by atoms with van der Waals surface area (Å²) in [4.78, 5) is 19.7. The van der Waals surface area contributed by atoms with Crippen LogP contribution in [0.4, 0.5) is 0 Å². The van der Waals surface area contributed by atoms with Crippen LogP contribution in [0.3, 0.4) is 0 Å². The molecule has 3 rings (SSSR count). The van der Waals surface area contributed by atoms with E-state index in [2.05, 4.69) is 28.5 Å². The first-order valence-electron chi connectivity index (χ1n) is 8.39. The predicted octanol–water partition coefficient (Wildman–Crippen LogP) is 2.65. The van der Waals surface area contributed by atoms with Gasteiger partial charge in [-0.3, -0.25) is 9.48 Å². The second kappa shape index (κ2) is 6.18. The van der Waals surface area contributed by atoms with E-state index < -0.39 is 0 Å². The zero-order valence-corrected chi connectivity index (χ0v) is 14.4. The number of aromatic nitrogens is 4. The van der Waals surface area contributed by atoms with E-state index in [0.29, 0.717) is 11.5 Å². The van der Waals surface area contributed by atoms with Gasteiger partial charge in [-0.15, -0.1) is 0 Å². The van der Waals surface area contributed by atoms with E-state index in [9.17, 15) is 4.79 Å². The van der Waals surface area contributed by atoms with E-state index in [1.165, 1.54) is 0 Å². The maximum Gasteiger partial charge on any atom is 0.257 e. The van der Waals surface area contributed by atoms with Crippen LogP contribution >= 0.6 is 0 Å². The fraction of sp³-hybridized carbons (Fsp3) is 0.588. The molecule has 6 nitrogen and oxygen atoms in total. The lowest BCUT2D eigenvalue weighted by Gasteiger charge is -2.32. The highest BCUT2D eigenvalue weighted by atomic mass is 16.2. The van der Waals surface area contributed by atoms with Crippen LogP contribution in [-0.4, -0.2) is 36.7 Å². The van der Waals surface area contributed by atoms with Crippen LogP contribution < -0.4 is 0 Å². The third kappa shape index (κ3) is 2.66. The summed E-state index contributed by atoms with van der Waals surface area (Å²) in [6.07, 6.45) is 6.49. The molecule has 124 valence electrons. The molecular weight excluding hydrogens is 290 g/mol. The number of carbonyl (C=O) groups is 1. The summed E-state index contributed by atoms with van der Waals surface area (Å²) >= 11 is 0. The Bertz CT molecular complexity index is 700. The van der Waals surface area contributed by atoms with Crippen LogP contribution in [0.1, 0.15) is 55.1 Å². The molecule has 23 heavy (non-hydrogen) atoms. The van der Waals surface area contributed by atoms with Crippen molar-refractivity contribution in [3.05, 3.63) is 35.7 Å². The molecule has 1 atom stereocenters. The van der Waals surface area contributed by atoms with Gasteiger partial charge in [-0.25, -0.2) is 4.98 Å². The molecule has 0 aromatic carbocycles. The first kappa shape index (κ1) is 15.8. The van der Waals surface area contributed by atoms with E-state index in [4.69, 9.17) is 0 Å². The van der Waals surface area contributed by atoms with Crippen LogP contribution in [0.5, 0.6) is 0 Å². The molecule has 0 spiro atoms. The first-order valence-corrected chi connectivity index (χ1v) is 8.39. The fourth-order valence-corrected chi connectivity index (χ4v) is 3.48. The zero-order chi connectivity index (χ0) is 16.6. The molecule has 1 amide bonds. The van der Waals surface area contributed by atoms with Crippen molar-refractivity contribution < 1.29 is 4.79 Å². The molecule has 0 saturated carbocycles. The second-order valence-corrected chi connectivity index (χ2v) is 6.48. The van der Waals surface area contributed by atoms with E-state index in [1.807, 2.05) is 35.8 Å². The van der Waals surface area contributed by atoms with Gasteiger partial charge in [0.15, 0.2) is 0 Å². The number of hydrogen-bond acceptors (Lipinski definition) is 3. The lowest BCUT2D eigenvalue weighted by atomic mass is 10.0. The van der Waals surface area contributed by atoms with E-state index in [0.717, 1.165) is 37.6 Å². The van der Waals surface area contributed by atoms with Crippen LogP contribution in [0.2, 0.25) is 0 Å². The maximum absolute atomic E-state index is 13.2. The Hall–Kier alpha value is -2.11. The molecule has 3 heterocycles. The average molecular weight is 315 g/mol. The second-order valence-electron chi connectivity index (χ2n) is 6.48. The van der Waals surface area contributed by atoms with E-state index >= 15 is 0 Å². The predicted molar refractivity (Wildman–Crippen MR) is 88.1 cm³/mol. The molecule has 0 radical (unpaired) electrons. The topological polar surface area (TPSA) is 56.0 Å². The molecule has 6 heteroatoms. The molecule has 1 aliphatic rings. The van der Waals surface area contributed by atoms with Gasteiger partial charge < -0.3 is 9.47 Å². The van der Waals surface area contributed by atoms with Gasteiger partial charge in [0.1, 0.15) is 5.82 Å². The van der Waals surface area contributed by atoms with Gasteiger partial charge >= 0.3 is 0 Å². The van der Waals surface area contributed by atoms with Crippen LogP contribution in [-0.2, 0) is 13.1 Å². The highest BCUT2D eigenvalue weighted by Gasteiger charge is 2.34. The molecule has 1 unspecified atom stereocenters. The quantitative estimate of drug-likeness (QED) is 0.875. The van der Waals surface area contributed by atoms with E-state index in [1.54, 1.807) is 6.20 Å². The molecule has 0 saturated heterocycles. The summed E-state index contributed by atoms with van der Waals surface area (Å²) in [6, 6.07) is 0.00405. The molecule has 0 aliphatic carbocycles. The molecular formula is C17H25N5O. The highest BCUT2D eigenvalue weighted by molar-refractivity contribution is 5.95. The van der Waals surface area contributed by atoms with Crippen molar-refractivity contribution in [1.29, 1.82) is 0 Å². The molecule has 0 fully saturated rings. The lowest BCUT2D eigenvalue weighted by molar-refractivity contribution is 0.0621. The zero-order valence-electron chi connectivity index (χ0n) is 14.4. The Morgan fingerprint density at radius 1 is 1.39 bits per heavy atom. The summed E-state index contributed by atoms with van der Waals surface area (Å²) in [5.74, 6) is 1.36. The summed E-state index contributed by atoms with van der Waals surface area (Å²) in [6.45, 7) is 10.7. The van der Waals surface area contributed by atoms with Crippen molar-refractivity contribution >= 4 is 5.91 Å². The molecule has 2 aromatic heterocycles. The van der Waals surface area contributed by atoms with Gasteiger partial charge in [0, 0.05) is 37.7 Å². The number of fused-ring (bicyclic) bond motifs is 1. The Balaban J connectivity index is 1.99. The number of amides is 1. The number of aryl methyl sites for hydroxylation is 2. The average Bonchev–Trinajstić information content (AvgIpc) is 3.07. The van der Waals surface area contributed by atoms with Crippen molar-refractivity contribution in [3.63, 3.8) is 0 Å². The molecule has 0 N–H and O–H groups in total. The van der Waals surface area contributed by atoms with E-state index in [-0.39, 0.29) is 11.9 Å². The Morgan fingerprint density at radius 3 is 2.83 bits per heavy atom. The van der Waals surface area contributed by atoms with Crippen molar-refractivity contribution in [2.24, 2.45) is 5.92 Å². The summed E-state index contributed by atoms with van der Waals surface area (Å²) in [5, 5.41) is 4.33. The Kier molecular flexibility index (Phi) is 4.24. The van der Waals surface area contributed by atoms with Crippen LogP contribution in [0.25, 0.3) is 0 Å². The number of nitrogens with zero attached hydrogens (tertiary/aromatic N) is 5. The minimum absolute atomic E-state index is 0.00405. The minimum atomic E-state index is 0.00405.